The second kappa shape index (κ2) is 39.6. The third-order valence-corrected chi connectivity index (χ3v) is 11.2. The fourth-order valence-corrected chi connectivity index (χ4v) is 7.09. The second-order valence-electron chi connectivity index (χ2n) is 16.6. The van der Waals surface area contributed by atoms with E-state index in [2.05, 4.69) is 34.6 Å². The van der Waals surface area contributed by atoms with Crippen LogP contribution in [-0.4, -0.2) is 36.0 Å². The lowest BCUT2D eigenvalue weighted by atomic mass is 9.80. The lowest BCUT2D eigenvalue weighted by Crippen LogP contribution is -2.27. The lowest BCUT2D eigenvalue weighted by Gasteiger charge is -2.27. The van der Waals surface area contributed by atoms with Crippen LogP contribution in [0.15, 0.2) is 0 Å². The van der Waals surface area contributed by atoms with Crippen LogP contribution in [0.3, 0.4) is 0 Å². The Hall–Kier alpha value is -0.610. The Morgan fingerprint density at radius 1 is 0.460 bits per heavy atom. The largest absolute Gasteiger partial charge is 0.481 e. The van der Waals surface area contributed by atoms with E-state index in [9.17, 15) is 15.0 Å². The van der Waals surface area contributed by atoms with Crippen molar-refractivity contribution in [2.24, 2.45) is 10.8 Å². The zero-order chi connectivity index (χ0) is 37.4. The van der Waals surface area contributed by atoms with E-state index < -0.39 is 11.4 Å². The van der Waals surface area contributed by atoms with Gasteiger partial charge in [-0.05, 0) is 50.9 Å². The summed E-state index contributed by atoms with van der Waals surface area (Å²) in [5.74, 6) is -0.589. The third kappa shape index (κ3) is 35.8. The predicted octanol–water partition coefficient (Wildman–Crippen LogP) is 15.4. The highest BCUT2D eigenvalue weighted by atomic mass is 16.5. The molecule has 0 saturated carbocycles. The molecule has 50 heavy (non-hydrogen) atoms. The summed E-state index contributed by atoms with van der Waals surface area (Å²) >= 11 is 0. The van der Waals surface area contributed by atoms with Crippen LogP contribution in [0.4, 0.5) is 0 Å². The quantitative estimate of drug-likeness (QED) is 0.0652. The van der Waals surface area contributed by atoms with Crippen molar-refractivity contribution in [2.75, 3.05) is 19.8 Å². The summed E-state index contributed by atoms with van der Waals surface area (Å²) in [5.41, 5.74) is -0.306. The SMILES string of the molecule is C1CCOC1.CCCCCCCCCCC(C)(CCCCCCCC)C(=O)O.CCCCCCCCCCC(C)(CO)CCCCCCCC. The molecule has 302 valence electrons. The van der Waals surface area contributed by atoms with Crippen LogP contribution >= 0.6 is 0 Å². The highest BCUT2D eigenvalue weighted by molar-refractivity contribution is 5.74. The summed E-state index contributed by atoms with van der Waals surface area (Å²) < 4.78 is 4.94. The van der Waals surface area contributed by atoms with Crippen LogP contribution < -0.4 is 0 Å². The summed E-state index contributed by atoms with van der Waals surface area (Å²) in [6.45, 7) is 15.6. The summed E-state index contributed by atoms with van der Waals surface area (Å²) in [6, 6.07) is 0. The van der Waals surface area contributed by atoms with E-state index in [0.717, 1.165) is 38.9 Å². The molecule has 1 aliphatic heterocycles. The van der Waals surface area contributed by atoms with Crippen LogP contribution in [0.2, 0.25) is 0 Å². The molecule has 1 rings (SSSR count). The van der Waals surface area contributed by atoms with Gasteiger partial charge in [-0.25, -0.2) is 0 Å². The molecule has 0 aromatic carbocycles. The molecule has 1 fully saturated rings. The smallest absolute Gasteiger partial charge is 0.309 e. The number of aliphatic hydroxyl groups excluding tert-OH is 1. The number of carbonyl (C=O) groups is 1. The number of hydrogen-bond donors (Lipinski definition) is 2. The van der Waals surface area contributed by atoms with Gasteiger partial charge in [0.2, 0.25) is 0 Å². The van der Waals surface area contributed by atoms with Crippen molar-refractivity contribution in [3.05, 3.63) is 0 Å². The van der Waals surface area contributed by atoms with Gasteiger partial charge in [0, 0.05) is 19.8 Å². The van der Waals surface area contributed by atoms with Gasteiger partial charge in [0.25, 0.3) is 0 Å². The van der Waals surface area contributed by atoms with E-state index in [0.29, 0.717) is 6.61 Å². The van der Waals surface area contributed by atoms with E-state index in [1.807, 2.05) is 6.92 Å². The highest BCUT2D eigenvalue weighted by Gasteiger charge is 2.31. The van der Waals surface area contributed by atoms with Crippen LogP contribution in [0.1, 0.15) is 260 Å². The molecule has 0 radical (unpaired) electrons. The average molecular weight is 711 g/mol. The molecule has 1 heterocycles. The van der Waals surface area contributed by atoms with Gasteiger partial charge in [0.05, 0.1) is 5.41 Å². The number of carboxylic acids is 1. The van der Waals surface area contributed by atoms with Gasteiger partial charge in [-0.1, -0.05) is 214 Å². The summed E-state index contributed by atoms with van der Waals surface area (Å²) in [7, 11) is 0. The van der Waals surface area contributed by atoms with Crippen molar-refractivity contribution in [3.8, 4) is 0 Å². The molecule has 0 aromatic heterocycles. The second-order valence-corrected chi connectivity index (χ2v) is 16.6. The molecule has 4 nitrogen and oxygen atoms in total. The Bertz CT molecular complexity index is 655. The first-order valence-corrected chi connectivity index (χ1v) is 22.7. The van der Waals surface area contributed by atoms with Crippen molar-refractivity contribution in [1.82, 2.24) is 0 Å². The van der Waals surface area contributed by atoms with Crippen LogP contribution in [0.5, 0.6) is 0 Å². The van der Waals surface area contributed by atoms with Crippen molar-refractivity contribution in [3.63, 3.8) is 0 Å². The van der Waals surface area contributed by atoms with Crippen LogP contribution in [0.25, 0.3) is 0 Å². The fraction of sp³-hybridized carbons (Fsp3) is 0.978. The minimum absolute atomic E-state index is 0.187. The minimum atomic E-state index is -0.589. The van der Waals surface area contributed by atoms with Gasteiger partial charge >= 0.3 is 5.97 Å². The Morgan fingerprint density at radius 3 is 0.940 bits per heavy atom. The van der Waals surface area contributed by atoms with Gasteiger partial charge < -0.3 is 14.9 Å². The maximum atomic E-state index is 11.6. The fourth-order valence-electron chi connectivity index (χ4n) is 7.09. The predicted molar refractivity (Wildman–Crippen MR) is 221 cm³/mol. The number of carboxylic acid groups (broad SMARTS) is 1. The molecule has 0 aliphatic carbocycles. The molecule has 0 amide bonds. The van der Waals surface area contributed by atoms with E-state index in [1.165, 1.54) is 193 Å². The molecule has 0 spiro atoms. The highest BCUT2D eigenvalue weighted by Crippen LogP contribution is 2.32. The van der Waals surface area contributed by atoms with Gasteiger partial charge in [-0.3, -0.25) is 4.79 Å². The van der Waals surface area contributed by atoms with Crippen molar-refractivity contribution >= 4 is 5.97 Å². The molecular weight excluding hydrogens is 617 g/mol. The molecule has 4 heteroatoms. The number of hydrogen-bond acceptors (Lipinski definition) is 3. The Balaban J connectivity index is 0. The average Bonchev–Trinajstić information content (AvgIpc) is 3.71. The molecule has 2 atom stereocenters. The topological polar surface area (TPSA) is 66.8 Å². The summed E-state index contributed by atoms with van der Waals surface area (Å²) in [4.78, 5) is 11.6. The Morgan fingerprint density at radius 2 is 0.720 bits per heavy atom. The third-order valence-electron chi connectivity index (χ3n) is 11.2. The number of ether oxygens (including phenoxy) is 1. The summed E-state index contributed by atoms with van der Waals surface area (Å²) in [5, 5.41) is 19.3. The first-order valence-electron chi connectivity index (χ1n) is 22.7. The van der Waals surface area contributed by atoms with Gasteiger partial charge in [-0.2, -0.15) is 0 Å². The lowest BCUT2D eigenvalue weighted by molar-refractivity contribution is -0.149. The van der Waals surface area contributed by atoms with Gasteiger partial charge in [0.15, 0.2) is 0 Å². The number of aliphatic hydroxyl groups is 1. The zero-order valence-corrected chi connectivity index (χ0v) is 35.4. The van der Waals surface area contributed by atoms with Crippen molar-refractivity contribution in [1.29, 1.82) is 0 Å². The normalized spacial score (nSPS) is 15.0. The zero-order valence-electron chi connectivity index (χ0n) is 35.4. The van der Waals surface area contributed by atoms with Gasteiger partial charge in [-0.15, -0.1) is 0 Å². The monoisotopic (exact) mass is 711 g/mol. The number of unbranched alkanes of at least 4 members (excludes halogenated alkanes) is 24. The maximum Gasteiger partial charge on any atom is 0.309 e. The molecule has 2 unspecified atom stereocenters. The van der Waals surface area contributed by atoms with E-state index >= 15 is 0 Å². The van der Waals surface area contributed by atoms with Crippen LogP contribution in [-0.2, 0) is 9.53 Å². The number of aliphatic carboxylic acids is 1. The first-order chi connectivity index (χ1) is 24.2. The van der Waals surface area contributed by atoms with Crippen molar-refractivity contribution < 1.29 is 19.7 Å². The molecular formula is C46H94O4. The molecule has 1 aliphatic rings. The summed E-state index contributed by atoms with van der Waals surface area (Å²) in [6.07, 6.45) is 43.5. The standard InChI is InChI=1S/C21H42O2.C21H44O.C4H8O/c1-4-6-8-10-12-13-15-17-19-21(3,20(22)23)18-16-14-11-9-7-5-2;1-4-6-8-10-12-13-15-17-19-21(3,20-22)18-16-14-11-9-7-5-2;1-2-4-5-3-1/h4-19H2,1-3H3,(H,22,23);22H,4-20H2,1-3H3;1-4H2. The Labute approximate surface area is 315 Å². The molecule has 2 N–H and O–H groups in total. The van der Waals surface area contributed by atoms with E-state index in [-0.39, 0.29) is 5.41 Å². The van der Waals surface area contributed by atoms with Gasteiger partial charge in [0.1, 0.15) is 0 Å². The Kier molecular flexibility index (Phi) is 40.8. The van der Waals surface area contributed by atoms with Crippen LogP contribution in [0, 0.1) is 10.8 Å². The maximum absolute atomic E-state index is 11.6. The van der Waals surface area contributed by atoms with E-state index in [1.54, 1.807) is 0 Å². The first kappa shape index (κ1) is 51.5. The minimum Gasteiger partial charge on any atom is -0.481 e. The molecule has 1 saturated heterocycles. The van der Waals surface area contributed by atoms with E-state index in [4.69, 9.17) is 4.74 Å². The molecule has 0 aromatic rings. The van der Waals surface area contributed by atoms with Crippen molar-refractivity contribution in [2.45, 2.75) is 260 Å². The number of rotatable bonds is 34. The molecule has 0 bridgehead atoms.